The molecular weight excluding hydrogens is 244 g/mol. The van der Waals surface area contributed by atoms with Crippen LogP contribution in [-0.2, 0) is 0 Å². The molecular formula is C18H38N2. The van der Waals surface area contributed by atoms with Crippen LogP contribution in [0.3, 0.4) is 0 Å². The molecule has 2 N–H and O–H groups in total. The maximum absolute atomic E-state index is 6.31. The van der Waals surface area contributed by atoms with Crippen LogP contribution >= 0.6 is 0 Å². The van der Waals surface area contributed by atoms with E-state index in [0.29, 0.717) is 16.9 Å². The van der Waals surface area contributed by atoms with Crippen molar-refractivity contribution in [2.75, 3.05) is 13.6 Å². The molecule has 0 radical (unpaired) electrons. The first kappa shape index (κ1) is 18.0. The number of nitrogens with two attached hydrogens (primary N) is 1. The van der Waals surface area contributed by atoms with Crippen molar-refractivity contribution >= 4 is 0 Å². The second-order valence-electron chi connectivity index (χ2n) is 9.38. The standard InChI is InChI=1S/C18H38N2/c1-14(2)9-15(3)20(8)18(13-19)11-16(4,5)10-17(6,7)12-18/h14-15H,9-13,19H2,1-8H3. The van der Waals surface area contributed by atoms with Crippen molar-refractivity contribution in [1.29, 1.82) is 0 Å². The van der Waals surface area contributed by atoms with Crippen LogP contribution in [0.1, 0.15) is 74.1 Å². The molecule has 1 aliphatic carbocycles. The van der Waals surface area contributed by atoms with Crippen LogP contribution in [0, 0.1) is 16.7 Å². The minimum atomic E-state index is 0.166. The Hall–Kier alpha value is -0.0800. The third-order valence-corrected chi connectivity index (χ3v) is 5.17. The Bertz CT molecular complexity index is 301. The van der Waals surface area contributed by atoms with Gasteiger partial charge in [0.2, 0.25) is 0 Å². The lowest BCUT2D eigenvalue weighted by Gasteiger charge is -2.57. The second kappa shape index (κ2) is 5.96. The Kier molecular flexibility index (Phi) is 5.36. The summed E-state index contributed by atoms with van der Waals surface area (Å²) in [6.07, 6.45) is 4.99. The quantitative estimate of drug-likeness (QED) is 0.815. The van der Waals surface area contributed by atoms with E-state index in [9.17, 15) is 0 Å². The molecule has 0 aliphatic heterocycles. The lowest BCUT2D eigenvalue weighted by molar-refractivity contribution is -0.0498. The van der Waals surface area contributed by atoms with Gasteiger partial charge in [-0.15, -0.1) is 0 Å². The van der Waals surface area contributed by atoms with Crippen molar-refractivity contribution < 1.29 is 0 Å². The number of likely N-dealkylation sites (N-methyl/N-ethyl adjacent to an activating group) is 1. The van der Waals surface area contributed by atoms with Crippen molar-refractivity contribution in [3.63, 3.8) is 0 Å². The molecule has 1 aliphatic rings. The van der Waals surface area contributed by atoms with Crippen LogP contribution in [0.4, 0.5) is 0 Å². The number of rotatable bonds is 5. The van der Waals surface area contributed by atoms with Gasteiger partial charge < -0.3 is 5.73 Å². The molecule has 0 saturated heterocycles. The van der Waals surface area contributed by atoms with Gasteiger partial charge in [-0.2, -0.15) is 0 Å². The summed E-state index contributed by atoms with van der Waals surface area (Å²) in [7, 11) is 2.30. The van der Waals surface area contributed by atoms with Crippen molar-refractivity contribution in [2.45, 2.75) is 85.7 Å². The first-order chi connectivity index (χ1) is 8.93. The van der Waals surface area contributed by atoms with Crippen LogP contribution in [-0.4, -0.2) is 30.1 Å². The fourth-order valence-electron chi connectivity index (χ4n) is 5.11. The summed E-state index contributed by atoms with van der Waals surface area (Å²) >= 11 is 0. The first-order valence-corrected chi connectivity index (χ1v) is 8.36. The van der Waals surface area contributed by atoms with E-state index < -0.39 is 0 Å². The summed E-state index contributed by atoms with van der Waals surface area (Å²) in [5.74, 6) is 0.742. The number of hydrogen-bond acceptors (Lipinski definition) is 2. The summed E-state index contributed by atoms with van der Waals surface area (Å²) in [4.78, 5) is 2.61. The predicted octanol–water partition coefficient (Wildman–Crippen LogP) is 4.29. The highest BCUT2D eigenvalue weighted by molar-refractivity contribution is 5.04. The molecule has 1 fully saturated rings. The van der Waals surface area contributed by atoms with Gasteiger partial charge in [0.05, 0.1) is 0 Å². The molecule has 0 bridgehead atoms. The molecule has 1 atom stereocenters. The van der Waals surface area contributed by atoms with Gasteiger partial charge in [-0.05, 0) is 56.4 Å². The summed E-state index contributed by atoms with van der Waals surface area (Å²) in [6.45, 7) is 17.4. The SMILES string of the molecule is CC(C)CC(C)N(C)C1(CN)CC(C)(C)CC(C)(C)C1. The van der Waals surface area contributed by atoms with E-state index >= 15 is 0 Å². The predicted molar refractivity (Wildman–Crippen MR) is 89.9 cm³/mol. The van der Waals surface area contributed by atoms with Crippen molar-refractivity contribution in [2.24, 2.45) is 22.5 Å². The van der Waals surface area contributed by atoms with Gasteiger partial charge in [0.25, 0.3) is 0 Å². The van der Waals surface area contributed by atoms with Gasteiger partial charge in [0.1, 0.15) is 0 Å². The van der Waals surface area contributed by atoms with Crippen LogP contribution in [0.15, 0.2) is 0 Å². The third-order valence-electron chi connectivity index (χ3n) is 5.17. The maximum Gasteiger partial charge on any atom is 0.0341 e. The van der Waals surface area contributed by atoms with Gasteiger partial charge >= 0.3 is 0 Å². The Morgan fingerprint density at radius 2 is 1.40 bits per heavy atom. The lowest BCUT2D eigenvalue weighted by atomic mass is 9.57. The zero-order valence-electron chi connectivity index (χ0n) is 15.2. The van der Waals surface area contributed by atoms with Gasteiger partial charge in [-0.1, -0.05) is 41.5 Å². The summed E-state index contributed by atoms with van der Waals surface area (Å²) < 4.78 is 0. The second-order valence-corrected chi connectivity index (χ2v) is 9.38. The smallest absolute Gasteiger partial charge is 0.0341 e. The van der Waals surface area contributed by atoms with E-state index in [0.717, 1.165) is 12.5 Å². The molecule has 0 spiro atoms. The zero-order chi connectivity index (χ0) is 15.8. The molecule has 1 rings (SSSR count). The Morgan fingerprint density at radius 1 is 0.950 bits per heavy atom. The highest BCUT2D eigenvalue weighted by atomic mass is 15.2. The minimum absolute atomic E-state index is 0.166. The van der Waals surface area contributed by atoms with Gasteiger partial charge in [0, 0.05) is 18.1 Å². The Labute approximate surface area is 127 Å². The average molecular weight is 283 g/mol. The molecule has 0 aromatic carbocycles. The Balaban J connectivity index is 3.00. The van der Waals surface area contributed by atoms with Gasteiger partial charge in [-0.3, -0.25) is 4.90 Å². The monoisotopic (exact) mass is 282 g/mol. The largest absolute Gasteiger partial charge is 0.329 e. The highest BCUT2D eigenvalue weighted by Gasteiger charge is 2.49. The fourth-order valence-corrected chi connectivity index (χ4v) is 5.11. The van der Waals surface area contributed by atoms with Gasteiger partial charge in [-0.25, -0.2) is 0 Å². The first-order valence-electron chi connectivity index (χ1n) is 8.36. The van der Waals surface area contributed by atoms with Crippen molar-refractivity contribution in [3.8, 4) is 0 Å². The van der Waals surface area contributed by atoms with Crippen LogP contribution in [0.2, 0.25) is 0 Å². The van der Waals surface area contributed by atoms with E-state index in [4.69, 9.17) is 5.73 Å². The summed E-state index contributed by atoms with van der Waals surface area (Å²) in [5, 5.41) is 0. The third kappa shape index (κ3) is 4.21. The van der Waals surface area contributed by atoms with E-state index in [2.05, 4.69) is 60.4 Å². The molecule has 2 nitrogen and oxygen atoms in total. The lowest BCUT2D eigenvalue weighted by Crippen LogP contribution is -2.61. The average Bonchev–Trinajstić information content (AvgIpc) is 2.22. The minimum Gasteiger partial charge on any atom is -0.329 e. The van der Waals surface area contributed by atoms with Crippen molar-refractivity contribution in [3.05, 3.63) is 0 Å². The van der Waals surface area contributed by atoms with Crippen LogP contribution < -0.4 is 5.73 Å². The molecule has 1 saturated carbocycles. The van der Waals surface area contributed by atoms with E-state index in [1.54, 1.807) is 0 Å². The molecule has 0 aromatic rings. The van der Waals surface area contributed by atoms with E-state index in [-0.39, 0.29) is 5.54 Å². The van der Waals surface area contributed by atoms with E-state index in [1.807, 2.05) is 0 Å². The zero-order valence-corrected chi connectivity index (χ0v) is 15.2. The molecule has 1 unspecified atom stereocenters. The topological polar surface area (TPSA) is 29.3 Å². The Morgan fingerprint density at radius 3 is 1.75 bits per heavy atom. The van der Waals surface area contributed by atoms with Crippen molar-refractivity contribution in [1.82, 2.24) is 4.90 Å². The van der Waals surface area contributed by atoms with E-state index in [1.165, 1.54) is 25.7 Å². The maximum atomic E-state index is 6.31. The molecule has 0 aromatic heterocycles. The normalized spacial score (nSPS) is 25.9. The highest BCUT2D eigenvalue weighted by Crippen LogP contribution is 2.52. The molecule has 0 amide bonds. The number of nitrogens with zero attached hydrogens (tertiary/aromatic N) is 1. The van der Waals surface area contributed by atoms with Gasteiger partial charge in [0.15, 0.2) is 0 Å². The number of hydrogen-bond donors (Lipinski definition) is 1. The molecule has 0 heterocycles. The van der Waals surface area contributed by atoms with Crippen LogP contribution in [0.5, 0.6) is 0 Å². The summed E-state index contributed by atoms with van der Waals surface area (Å²) in [5.41, 5.74) is 7.24. The fraction of sp³-hybridized carbons (Fsp3) is 1.00. The molecule has 120 valence electrons. The molecule has 2 heteroatoms. The summed E-state index contributed by atoms with van der Waals surface area (Å²) in [6, 6.07) is 0.600. The molecule has 20 heavy (non-hydrogen) atoms. The van der Waals surface area contributed by atoms with Crippen LogP contribution in [0.25, 0.3) is 0 Å².